The lowest BCUT2D eigenvalue weighted by Crippen LogP contribution is -2.28. The van der Waals surface area contributed by atoms with E-state index in [1.165, 1.54) is 0 Å². The van der Waals surface area contributed by atoms with Crippen molar-refractivity contribution in [1.29, 1.82) is 0 Å². The predicted octanol–water partition coefficient (Wildman–Crippen LogP) is 2.88. The van der Waals surface area contributed by atoms with Crippen LogP contribution < -0.4 is 14.2 Å². The normalized spacial score (nSPS) is 16.8. The molecule has 6 nitrogen and oxygen atoms in total. The summed E-state index contributed by atoms with van der Waals surface area (Å²) in [7, 11) is 4.75. The molecule has 132 valence electrons. The monoisotopic (exact) mass is 360 g/mol. The quantitative estimate of drug-likeness (QED) is 0.789. The molecule has 2 heterocycles. The second-order valence-corrected chi connectivity index (χ2v) is 6.53. The van der Waals surface area contributed by atoms with Gasteiger partial charge in [0.25, 0.3) is 0 Å². The molecule has 1 aliphatic rings. The number of carbonyl (C=O) groups is 1. The van der Waals surface area contributed by atoms with Gasteiger partial charge < -0.3 is 19.1 Å². The fourth-order valence-corrected chi connectivity index (χ4v) is 4.09. The first-order chi connectivity index (χ1) is 12.2. The Morgan fingerprint density at radius 2 is 1.80 bits per heavy atom. The molecule has 0 spiro atoms. The summed E-state index contributed by atoms with van der Waals surface area (Å²) in [5, 5.41) is -0.143. The van der Waals surface area contributed by atoms with Gasteiger partial charge in [0, 0.05) is 24.5 Å². The lowest BCUT2D eigenvalue weighted by atomic mass is 10.1. The summed E-state index contributed by atoms with van der Waals surface area (Å²) in [6.07, 6.45) is 3.46. The van der Waals surface area contributed by atoms with Crippen LogP contribution in [-0.2, 0) is 11.3 Å². The van der Waals surface area contributed by atoms with Crippen molar-refractivity contribution in [2.24, 2.45) is 0 Å². The molecule has 1 atom stereocenters. The first-order valence-corrected chi connectivity index (χ1v) is 8.83. The number of thioether (sulfide) groups is 1. The van der Waals surface area contributed by atoms with Crippen LogP contribution in [0.4, 0.5) is 0 Å². The molecule has 25 heavy (non-hydrogen) atoms. The number of pyridine rings is 1. The minimum atomic E-state index is -0.143. The largest absolute Gasteiger partial charge is 0.493 e. The number of rotatable bonds is 6. The zero-order valence-corrected chi connectivity index (χ0v) is 15.2. The van der Waals surface area contributed by atoms with Crippen LogP contribution in [0.1, 0.15) is 16.5 Å². The summed E-state index contributed by atoms with van der Waals surface area (Å²) in [5.74, 6) is 2.26. The highest BCUT2D eigenvalue weighted by molar-refractivity contribution is 8.00. The highest BCUT2D eigenvalue weighted by Crippen LogP contribution is 2.49. The van der Waals surface area contributed by atoms with E-state index in [1.54, 1.807) is 45.5 Å². The van der Waals surface area contributed by atoms with E-state index in [4.69, 9.17) is 14.2 Å². The van der Waals surface area contributed by atoms with Crippen LogP contribution in [0, 0.1) is 0 Å². The Bertz CT molecular complexity index is 754. The molecule has 7 heteroatoms. The van der Waals surface area contributed by atoms with Gasteiger partial charge in [0.1, 0.15) is 5.37 Å². The first-order valence-electron chi connectivity index (χ1n) is 7.78. The maximum absolute atomic E-state index is 12.4. The van der Waals surface area contributed by atoms with Crippen LogP contribution in [0.5, 0.6) is 17.2 Å². The number of benzene rings is 1. The number of methoxy groups -OCH3 is 3. The number of nitrogens with zero attached hydrogens (tertiary/aromatic N) is 2. The molecular weight excluding hydrogens is 340 g/mol. The van der Waals surface area contributed by atoms with Gasteiger partial charge in [0.2, 0.25) is 11.7 Å². The van der Waals surface area contributed by atoms with Gasteiger partial charge in [-0.15, -0.1) is 11.8 Å². The van der Waals surface area contributed by atoms with E-state index >= 15 is 0 Å². The summed E-state index contributed by atoms with van der Waals surface area (Å²) in [4.78, 5) is 18.3. The van der Waals surface area contributed by atoms with Gasteiger partial charge >= 0.3 is 0 Å². The molecule has 1 amide bonds. The van der Waals surface area contributed by atoms with Gasteiger partial charge in [0.15, 0.2) is 11.5 Å². The Morgan fingerprint density at radius 3 is 2.44 bits per heavy atom. The molecule has 1 aromatic carbocycles. The van der Waals surface area contributed by atoms with Gasteiger partial charge in [0.05, 0.1) is 27.1 Å². The molecule has 1 saturated heterocycles. The number of aromatic nitrogens is 1. The maximum Gasteiger partial charge on any atom is 0.234 e. The Morgan fingerprint density at radius 1 is 1.08 bits per heavy atom. The van der Waals surface area contributed by atoms with Crippen LogP contribution in [0.25, 0.3) is 0 Å². The second-order valence-electron chi connectivity index (χ2n) is 5.46. The standard InChI is InChI=1S/C18H20N2O4S/c1-22-14-5-4-13(16(23-2)17(14)24-3)18-20(15(21)11-25-18)10-12-6-8-19-9-7-12/h4-9,18H,10-11H2,1-3H3. The molecule has 2 aromatic rings. The van der Waals surface area contributed by atoms with Crippen molar-refractivity contribution in [3.63, 3.8) is 0 Å². The smallest absolute Gasteiger partial charge is 0.234 e. The average Bonchev–Trinajstić information content (AvgIpc) is 3.01. The van der Waals surface area contributed by atoms with E-state index in [2.05, 4.69) is 4.98 Å². The van der Waals surface area contributed by atoms with E-state index in [1.807, 2.05) is 29.2 Å². The molecule has 1 aromatic heterocycles. The molecule has 1 fully saturated rings. The van der Waals surface area contributed by atoms with Crippen molar-refractivity contribution in [3.8, 4) is 17.2 Å². The van der Waals surface area contributed by atoms with Crippen molar-refractivity contribution >= 4 is 17.7 Å². The van der Waals surface area contributed by atoms with E-state index in [0.717, 1.165) is 11.1 Å². The predicted molar refractivity (Wildman–Crippen MR) is 96.1 cm³/mol. The van der Waals surface area contributed by atoms with Gasteiger partial charge in [-0.3, -0.25) is 9.78 Å². The minimum absolute atomic E-state index is 0.101. The Labute approximate surface area is 151 Å². The minimum Gasteiger partial charge on any atom is -0.493 e. The highest BCUT2D eigenvalue weighted by Gasteiger charge is 2.36. The molecule has 0 bridgehead atoms. The van der Waals surface area contributed by atoms with Crippen LogP contribution in [0.15, 0.2) is 36.7 Å². The van der Waals surface area contributed by atoms with Crippen molar-refractivity contribution < 1.29 is 19.0 Å². The summed E-state index contributed by atoms with van der Waals surface area (Å²) >= 11 is 1.58. The summed E-state index contributed by atoms with van der Waals surface area (Å²) in [5.41, 5.74) is 1.93. The molecular formula is C18H20N2O4S. The Hall–Kier alpha value is -2.41. The number of amides is 1. The summed E-state index contributed by atoms with van der Waals surface area (Å²) < 4.78 is 16.4. The lowest BCUT2D eigenvalue weighted by Gasteiger charge is -2.26. The van der Waals surface area contributed by atoms with E-state index in [0.29, 0.717) is 29.5 Å². The molecule has 0 N–H and O–H groups in total. The van der Waals surface area contributed by atoms with Gasteiger partial charge in [-0.2, -0.15) is 0 Å². The van der Waals surface area contributed by atoms with E-state index in [9.17, 15) is 4.79 Å². The Kier molecular flexibility index (Phi) is 5.33. The molecule has 0 saturated carbocycles. The first kappa shape index (κ1) is 17.4. The zero-order valence-electron chi connectivity index (χ0n) is 14.4. The molecule has 3 rings (SSSR count). The van der Waals surface area contributed by atoms with Crippen molar-refractivity contribution in [2.75, 3.05) is 27.1 Å². The summed E-state index contributed by atoms with van der Waals surface area (Å²) in [6.45, 7) is 0.524. The fourth-order valence-electron chi connectivity index (χ4n) is 2.89. The maximum atomic E-state index is 12.4. The second kappa shape index (κ2) is 7.65. The number of hydrogen-bond donors (Lipinski definition) is 0. The van der Waals surface area contributed by atoms with E-state index in [-0.39, 0.29) is 11.3 Å². The van der Waals surface area contributed by atoms with Gasteiger partial charge in [-0.1, -0.05) is 0 Å². The number of hydrogen-bond acceptors (Lipinski definition) is 6. The molecule has 1 aliphatic heterocycles. The van der Waals surface area contributed by atoms with Crippen LogP contribution >= 0.6 is 11.8 Å². The topological polar surface area (TPSA) is 60.9 Å². The van der Waals surface area contributed by atoms with Crippen LogP contribution in [-0.4, -0.2) is 42.9 Å². The number of ether oxygens (including phenoxy) is 3. The third-order valence-electron chi connectivity index (χ3n) is 4.07. The molecule has 0 aliphatic carbocycles. The third-order valence-corrected chi connectivity index (χ3v) is 5.31. The van der Waals surface area contributed by atoms with E-state index < -0.39 is 0 Å². The van der Waals surface area contributed by atoms with Crippen molar-refractivity contribution in [1.82, 2.24) is 9.88 Å². The van der Waals surface area contributed by atoms with Crippen LogP contribution in [0.2, 0.25) is 0 Å². The van der Waals surface area contributed by atoms with Gasteiger partial charge in [-0.25, -0.2) is 0 Å². The fraction of sp³-hybridized carbons (Fsp3) is 0.333. The number of carbonyl (C=O) groups excluding carboxylic acids is 1. The van der Waals surface area contributed by atoms with Crippen molar-refractivity contribution in [2.45, 2.75) is 11.9 Å². The molecule has 0 radical (unpaired) electrons. The zero-order chi connectivity index (χ0) is 17.8. The van der Waals surface area contributed by atoms with Crippen LogP contribution in [0.3, 0.4) is 0 Å². The SMILES string of the molecule is COc1ccc(C2SCC(=O)N2Cc2ccncc2)c(OC)c1OC. The Balaban J connectivity index is 1.98. The highest BCUT2D eigenvalue weighted by atomic mass is 32.2. The third kappa shape index (κ3) is 3.37. The van der Waals surface area contributed by atoms with Crippen molar-refractivity contribution in [3.05, 3.63) is 47.8 Å². The summed E-state index contributed by atoms with van der Waals surface area (Å²) in [6, 6.07) is 7.60. The lowest BCUT2D eigenvalue weighted by molar-refractivity contribution is -0.128. The molecule has 1 unspecified atom stereocenters. The van der Waals surface area contributed by atoms with Gasteiger partial charge in [-0.05, 0) is 29.8 Å². The average molecular weight is 360 g/mol.